The molecule has 0 atom stereocenters. The summed E-state index contributed by atoms with van der Waals surface area (Å²) in [5.41, 5.74) is 7.79. The van der Waals surface area contributed by atoms with Crippen LogP contribution in [0.3, 0.4) is 0 Å². The summed E-state index contributed by atoms with van der Waals surface area (Å²) in [4.78, 5) is 20.8. The van der Waals surface area contributed by atoms with Crippen LogP contribution in [0.25, 0.3) is 0 Å². The number of carbonyl (C=O) groups excluding carboxylic acids is 1. The van der Waals surface area contributed by atoms with Crippen molar-refractivity contribution in [3.05, 3.63) is 29.5 Å². The third kappa shape index (κ3) is 5.31. The van der Waals surface area contributed by atoms with Crippen molar-refractivity contribution in [3.63, 3.8) is 0 Å². The summed E-state index contributed by atoms with van der Waals surface area (Å²) in [6.45, 7) is 0. The number of benzene rings is 1. The van der Waals surface area contributed by atoms with E-state index in [4.69, 9.17) is 19.9 Å². The van der Waals surface area contributed by atoms with E-state index in [1.807, 2.05) is 12.1 Å². The highest BCUT2D eigenvalue weighted by Crippen LogP contribution is 2.38. The van der Waals surface area contributed by atoms with Crippen molar-refractivity contribution in [3.8, 4) is 17.2 Å². The molecule has 1 aliphatic carbocycles. The van der Waals surface area contributed by atoms with Gasteiger partial charge >= 0.3 is 0 Å². The van der Waals surface area contributed by atoms with Gasteiger partial charge < -0.3 is 19.9 Å². The molecule has 0 unspecified atom stereocenters. The molecular weight excluding hydrogens is 384 g/mol. The van der Waals surface area contributed by atoms with E-state index >= 15 is 0 Å². The summed E-state index contributed by atoms with van der Waals surface area (Å²) in [6, 6.07) is 3.72. The predicted molar refractivity (Wildman–Crippen MR) is 115 cm³/mol. The lowest BCUT2D eigenvalue weighted by Crippen LogP contribution is -2.20. The first-order valence-electron chi connectivity index (χ1n) is 10.2. The van der Waals surface area contributed by atoms with Gasteiger partial charge in [0.2, 0.25) is 17.6 Å². The topological polar surface area (TPSA) is 109 Å². The van der Waals surface area contributed by atoms with E-state index in [1.54, 1.807) is 27.5 Å². The number of methoxy groups -OCH3 is 3. The molecular formula is C22H30N4O4. The van der Waals surface area contributed by atoms with Gasteiger partial charge in [-0.15, -0.1) is 0 Å². The van der Waals surface area contributed by atoms with Crippen LogP contribution in [0.1, 0.15) is 49.7 Å². The van der Waals surface area contributed by atoms with Gasteiger partial charge in [0.05, 0.1) is 21.3 Å². The minimum atomic E-state index is -0.0568. The molecule has 3 rings (SSSR count). The Morgan fingerprint density at radius 2 is 1.77 bits per heavy atom. The summed E-state index contributed by atoms with van der Waals surface area (Å²) in [7, 11) is 4.71. The molecule has 1 amide bonds. The van der Waals surface area contributed by atoms with E-state index in [0.717, 1.165) is 24.0 Å². The third-order valence-electron chi connectivity index (χ3n) is 5.47. The fourth-order valence-electron chi connectivity index (χ4n) is 3.90. The fraction of sp³-hybridized carbons (Fsp3) is 0.500. The van der Waals surface area contributed by atoms with E-state index < -0.39 is 0 Å². The van der Waals surface area contributed by atoms with Gasteiger partial charge in [-0.05, 0) is 36.5 Å². The number of nitrogens with two attached hydrogens (primary N) is 1. The summed E-state index contributed by atoms with van der Waals surface area (Å²) in [5, 5.41) is 2.78. The third-order valence-corrected chi connectivity index (χ3v) is 5.47. The van der Waals surface area contributed by atoms with Gasteiger partial charge in [-0.3, -0.25) is 10.1 Å². The lowest BCUT2D eigenvalue weighted by Gasteiger charge is -2.20. The molecule has 1 aromatic carbocycles. The summed E-state index contributed by atoms with van der Waals surface area (Å²) >= 11 is 0. The first-order valence-corrected chi connectivity index (χ1v) is 10.2. The van der Waals surface area contributed by atoms with Crippen LogP contribution in [0.4, 0.5) is 11.8 Å². The van der Waals surface area contributed by atoms with Crippen molar-refractivity contribution in [2.45, 2.75) is 44.9 Å². The highest BCUT2D eigenvalue weighted by molar-refractivity contribution is 5.89. The molecule has 8 heteroatoms. The first-order chi connectivity index (χ1) is 14.5. The van der Waals surface area contributed by atoms with Gasteiger partial charge in [0.25, 0.3) is 0 Å². The van der Waals surface area contributed by atoms with Gasteiger partial charge in [0.15, 0.2) is 11.5 Å². The number of carbonyl (C=O) groups is 1. The maximum absolute atomic E-state index is 12.3. The van der Waals surface area contributed by atoms with Crippen LogP contribution in [0.15, 0.2) is 18.3 Å². The molecule has 3 N–H and O–H groups in total. The monoisotopic (exact) mass is 414 g/mol. The highest BCUT2D eigenvalue weighted by atomic mass is 16.5. The SMILES string of the molecule is COc1cc(Cc2cnc(NC(=O)CC3CCCCC3)nc2N)cc(OC)c1OC. The molecule has 1 fully saturated rings. The van der Waals surface area contributed by atoms with E-state index in [9.17, 15) is 4.79 Å². The molecule has 1 aliphatic rings. The van der Waals surface area contributed by atoms with Crippen LogP contribution < -0.4 is 25.3 Å². The Bertz CT molecular complexity index is 856. The quantitative estimate of drug-likeness (QED) is 0.679. The van der Waals surface area contributed by atoms with Crippen molar-refractivity contribution < 1.29 is 19.0 Å². The molecule has 0 spiro atoms. The molecule has 0 aliphatic heterocycles. The predicted octanol–water partition coefficient (Wildman–Crippen LogP) is 3.58. The Labute approximate surface area is 177 Å². The second kappa shape index (κ2) is 10.1. The van der Waals surface area contributed by atoms with E-state index in [2.05, 4.69) is 15.3 Å². The van der Waals surface area contributed by atoms with Crippen LogP contribution >= 0.6 is 0 Å². The van der Waals surface area contributed by atoms with E-state index in [0.29, 0.717) is 41.8 Å². The minimum absolute atomic E-state index is 0.0568. The van der Waals surface area contributed by atoms with Crippen molar-refractivity contribution in [1.29, 1.82) is 0 Å². The number of hydrogen-bond donors (Lipinski definition) is 2. The summed E-state index contributed by atoms with van der Waals surface area (Å²) < 4.78 is 16.1. The molecule has 1 saturated carbocycles. The Hall–Kier alpha value is -3.03. The Morgan fingerprint density at radius 1 is 1.10 bits per heavy atom. The number of nitrogens with zero attached hydrogens (tertiary/aromatic N) is 2. The van der Waals surface area contributed by atoms with Gasteiger partial charge in [-0.25, -0.2) is 4.98 Å². The van der Waals surface area contributed by atoms with Crippen molar-refractivity contribution in [2.24, 2.45) is 5.92 Å². The van der Waals surface area contributed by atoms with Crippen LogP contribution in [-0.4, -0.2) is 37.2 Å². The van der Waals surface area contributed by atoms with Gasteiger partial charge in [0.1, 0.15) is 5.82 Å². The maximum Gasteiger partial charge on any atom is 0.231 e. The zero-order valence-corrected chi connectivity index (χ0v) is 17.9. The van der Waals surface area contributed by atoms with Gasteiger partial charge in [-0.2, -0.15) is 4.98 Å². The van der Waals surface area contributed by atoms with Crippen molar-refractivity contribution in [1.82, 2.24) is 9.97 Å². The van der Waals surface area contributed by atoms with E-state index in [-0.39, 0.29) is 11.9 Å². The molecule has 30 heavy (non-hydrogen) atoms. The van der Waals surface area contributed by atoms with Crippen molar-refractivity contribution >= 4 is 17.7 Å². The second-order valence-corrected chi connectivity index (χ2v) is 7.57. The lowest BCUT2D eigenvalue weighted by molar-refractivity contribution is -0.117. The van der Waals surface area contributed by atoms with Crippen LogP contribution in [0.5, 0.6) is 17.2 Å². The number of amides is 1. The summed E-state index contributed by atoms with van der Waals surface area (Å²) in [6.07, 6.45) is 8.55. The maximum atomic E-state index is 12.3. The minimum Gasteiger partial charge on any atom is -0.493 e. The molecule has 0 bridgehead atoms. The molecule has 8 nitrogen and oxygen atoms in total. The largest absolute Gasteiger partial charge is 0.493 e. The molecule has 0 radical (unpaired) electrons. The average Bonchev–Trinajstić information content (AvgIpc) is 2.75. The number of nitrogen functional groups attached to an aromatic ring is 1. The Balaban J connectivity index is 1.69. The van der Waals surface area contributed by atoms with Crippen LogP contribution in [-0.2, 0) is 11.2 Å². The summed E-state index contributed by atoms with van der Waals surface area (Å²) in [5.74, 6) is 2.63. The Morgan fingerprint density at radius 3 is 2.33 bits per heavy atom. The highest BCUT2D eigenvalue weighted by Gasteiger charge is 2.18. The van der Waals surface area contributed by atoms with Crippen molar-refractivity contribution in [2.75, 3.05) is 32.4 Å². The standard InChI is InChI=1S/C22H30N4O4/c1-28-17-10-15(11-18(29-2)20(17)30-3)9-16-13-24-22(26-21(16)23)25-19(27)12-14-7-5-4-6-8-14/h10-11,13-14H,4-9,12H2,1-3H3,(H3,23,24,25,26,27). The molecule has 0 saturated heterocycles. The smallest absolute Gasteiger partial charge is 0.231 e. The molecule has 1 heterocycles. The number of rotatable bonds is 8. The lowest BCUT2D eigenvalue weighted by atomic mass is 9.87. The number of aromatic nitrogens is 2. The molecule has 2 aromatic rings. The Kier molecular flexibility index (Phi) is 7.32. The first kappa shape index (κ1) is 21.7. The van der Waals surface area contributed by atoms with E-state index in [1.165, 1.54) is 19.3 Å². The van der Waals surface area contributed by atoms with Crippen LogP contribution in [0.2, 0.25) is 0 Å². The molecule has 162 valence electrons. The number of hydrogen-bond acceptors (Lipinski definition) is 7. The normalized spacial score (nSPS) is 14.2. The second-order valence-electron chi connectivity index (χ2n) is 7.57. The zero-order valence-electron chi connectivity index (χ0n) is 17.9. The number of ether oxygens (including phenoxy) is 3. The molecule has 1 aromatic heterocycles. The number of nitrogens with one attached hydrogen (secondary N) is 1. The van der Waals surface area contributed by atoms with Gasteiger partial charge in [0, 0.05) is 24.6 Å². The number of anilines is 2. The fourth-order valence-corrected chi connectivity index (χ4v) is 3.90. The zero-order chi connectivity index (χ0) is 21.5. The van der Waals surface area contributed by atoms with Crippen LogP contribution in [0, 0.1) is 5.92 Å². The van der Waals surface area contributed by atoms with Gasteiger partial charge in [-0.1, -0.05) is 19.3 Å². The average molecular weight is 415 g/mol.